The Balaban J connectivity index is 2.21. The molecule has 0 bridgehead atoms. The highest BCUT2D eigenvalue weighted by Crippen LogP contribution is 2.30. The van der Waals surface area contributed by atoms with E-state index in [4.69, 9.17) is 27.9 Å². The fraction of sp³-hybridized carbons (Fsp3) is 0.308. The standard InChI is InChI=1S/C13H13BrCl2N2O/c1-8-10(13(16)18(2)17-8)7-19-12-5-3-4-11(15)9(12)6-14/h3-5H,6-7H2,1-2H3. The smallest absolute Gasteiger partial charge is 0.133 e. The van der Waals surface area contributed by atoms with E-state index in [-0.39, 0.29) is 0 Å². The van der Waals surface area contributed by atoms with E-state index >= 15 is 0 Å². The zero-order valence-corrected chi connectivity index (χ0v) is 13.7. The molecule has 3 nitrogen and oxygen atoms in total. The fourth-order valence-electron chi connectivity index (χ4n) is 1.79. The van der Waals surface area contributed by atoms with Crippen LogP contribution in [0.4, 0.5) is 0 Å². The van der Waals surface area contributed by atoms with Gasteiger partial charge in [0.2, 0.25) is 0 Å². The van der Waals surface area contributed by atoms with Crippen LogP contribution in [0.1, 0.15) is 16.8 Å². The average molecular weight is 364 g/mol. The van der Waals surface area contributed by atoms with Gasteiger partial charge in [-0.3, -0.25) is 4.68 Å². The van der Waals surface area contributed by atoms with Gasteiger partial charge in [0.25, 0.3) is 0 Å². The molecule has 2 aromatic rings. The molecule has 0 fully saturated rings. The van der Waals surface area contributed by atoms with E-state index in [1.165, 1.54) is 0 Å². The van der Waals surface area contributed by atoms with Crippen molar-refractivity contribution in [2.75, 3.05) is 0 Å². The topological polar surface area (TPSA) is 27.1 Å². The lowest BCUT2D eigenvalue weighted by Crippen LogP contribution is -1.99. The maximum Gasteiger partial charge on any atom is 0.133 e. The average Bonchev–Trinajstić information content (AvgIpc) is 2.61. The maximum atomic E-state index is 6.17. The summed E-state index contributed by atoms with van der Waals surface area (Å²) in [6, 6.07) is 5.59. The van der Waals surface area contributed by atoms with Crippen LogP contribution in [0.2, 0.25) is 10.2 Å². The Morgan fingerprint density at radius 2 is 2.05 bits per heavy atom. The number of benzene rings is 1. The van der Waals surface area contributed by atoms with Gasteiger partial charge in [0.1, 0.15) is 17.5 Å². The SMILES string of the molecule is Cc1nn(C)c(Cl)c1COc1cccc(Cl)c1CBr. The summed E-state index contributed by atoms with van der Waals surface area (Å²) in [5.74, 6) is 0.753. The number of aryl methyl sites for hydroxylation is 2. The number of hydrogen-bond donors (Lipinski definition) is 0. The molecule has 19 heavy (non-hydrogen) atoms. The Morgan fingerprint density at radius 3 is 2.63 bits per heavy atom. The molecular weight excluding hydrogens is 351 g/mol. The van der Waals surface area contributed by atoms with Crippen LogP contribution in [-0.4, -0.2) is 9.78 Å². The lowest BCUT2D eigenvalue weighted by molar-refractivity contribution is 0.303. The largest absolute Gasteiger partial charge is 0.488 e. The van der Waals surface area contributed by atoms with Crippen LogP contribution in [0.3, 0.4) is 0 Å². The Morgan fingerprint density at radius 1 is 1.32 bits per heavy atom. The molecule has 0 aliphatic carbocycles. The van der Waals surface area contributed by atoms with Crippen molar-refractivity contribution < 1.29 is 4.74 Å². The molecule has 0 aliphatic heterocycles. The number of hydrogen-bond acceptors (Lipinski definition) is 2. The predicted octanol–water partition coefficient (Wildman–Crippen LogP) is 4.51. The van der Waals surface area contributed by atoms with Gasteiger partial charge in [-0.1, -0.05) is 45.2 Å². The molecule has 0 atom stereocenters. The quantitative estimate of drug-likeness (QED) is 0.747. The highest BCUT2D eigenvalue weighted by molar-refractivity contribution is 9.08. The fourth-order valence-corrected chi connectivity index (χ4v) is 2.99. The van der Waals surface area contributed by atoms with Crippen LogP contribution in [-0.2, 0) is 19.0 Å². The third-order valence-corrected chi connectivity index (χ3v) is 4.24. The van der Waals surface area contributed by atoms with E-state index in [9.17, 15) is 0 Å². The van der Waals surface area contributed by atoms with Gasteiger partial charge in [-0.05, 0) is 19.1 Å². The Bertz CT molecular complexity index is 599. The first kappa shape index (κ1) is 14.7. The molecule has 1 aromatic heterocycles. The van der Waals surface area contributed by atoms with Gasteiger partial charge in [0, 0.05) is 28.5 Å². The zero-order valence-electron chi connectivity index (χ0n) is 10.6. The first-order chi connectivity index (χ1) is 9.04. The molecule has 0 spiro atoms. The van der Waals surface area contributed by atoms with Gasteiger partial charge in [0.05, 0.1) is 5.69 Å². The summed E-state index contributed by atoms with van der Waals surface area (Å²) < 4.78 is 7.46. The summed E-state index contributed by atoms with van der Waals surface area (Å²) in [5.41, 5.74) is 2.70. The number of aromatic nitrogens is 2. The van der Waals surface area contributed by atoms with Crippen molar-refractivity contribution in [2.24, 2.45) is 7.05 Å². The van der Waals surface area contributed by atoms with Gasteiger partial charge in [-0.25, -0.2) is 0 Å². The van der Waals surface area contributed by atoms with Crippen LogP contribution in [0, 0.1) is 6.92 Å². The second kappa shape index (κ2) is 6.16. The van der Waals surface area contributed by atoms with E-state index in [0.717, 1.165) is 22.6 Å². The number of rotatable bonds is 4. The highest BCUT2D eigenvalue weighted by atomic mass is 79.9. The van der Waals surface area contributed by atoms with Crippen LogP contribution >= 0.6 is 39.1 Å². The summed E-state index contributed by atoms with van der Waals surface area (Å²) in [6.07, 6.45) is 0. The van der Waals surface area contributed by atoms with Crippen molar-refractivity contribution >= 4 is 39.1 Å². The molecule has 0 saturated heterocycles. The van der Waals surface area contributed by atoms with E-state index in [0.29, 0.717) is 22.1 Å². The summed E-state index contributed by atoms with van der Waals surface area (Å²) >= 11 is 15.7. The zero-order chi connectivity index (χ0) is 14.0. The van der Waals surface area contributed by atoms with Crippen molar-refractivity contribution in [3.05, 3.63) is 45.2 Å². The second-order valence-corrected chi connectivity index (χ2v) is 5.44. The number of nitrogens with zero attached hydrogens (tertiary/aromatic N) is 2. The molecule has 6 heteroatoms. The molecular formula is C13H13BrCl2N2O. The monoisotopic (exact) mass is 362 g/mol. The van der Waals surface area contributed by atoms with Crippen molar-refractivity contribution in [3.8, 4) is 5.75 Å². The molecule has 0 unspecified atom stereocenters. The summed E-state index contributed by atoms with van der Waals surface area (Å²) in [7, 11) is 1.81. The minimum Gasteiger partial charge on any atom is -0.488 e. The van der Waals surface area contributed by atoms with Gasteiger partial charge in [-0.15, -0.1) is 0 Å². The summed E-state index contributed by atoms with van der Waals surface area (Å²) in [4.78, 5) is 0. The Labute approximate surface area is 130 Å². The molecule has 1 heterocycles. The van der Waals surface area contributed by atoms with E-state index in [1.54, 1.807) is 4.68 Å². The van der Waals surface area contributed by atoms with Gasteiger partial charge >= 0.3 is 0 Å². The third kappa shape index (κ3) is 3.07. The number of ether oxygens (including phenoxy) is 1. The summed E-state index contributed by atoms with van der Waals surface area (Å²) in [6.45, 7) is 2.28. The van der Waals surface area contributed by atoms with Crippen LogP contribution in [0.5, 0.6) is 5.75 Å². The van der Waals surface area contributed by atoms with Crippen LogP contribution < -0.4 is 4.74 Å². The molecule has 0 radical (unpaired) electrons. The summed E-state index contributed by atoms with van der Waals surface area (Å²) in [5, 5.41) is 6.17. The minimum atomic E-state index is 0.374. The van der Waals surface area contributed by atoms with Crippen LogP contribution in [0.25, 0.3) is 0 Å². The van der Waals surface area contributed by atoms with Gasteiger partial charge < -0.3 is 4.74 Å². The Kier molecular flexibility index (Phi) is 4.76. The van der Waals surface area contributed by atoms with Crippen LogP contribution in [0.15, 0.2) is 18.2 Å². The van der Waals surface area contributed by atoms with E-state index in [1.807, 2.05) is 32.2 Å². The number of halogens is 3. The molecule has 0 amide bonds. The molecule has 1 aromatic carbocycles. The first-order valence-corrected chi connectivity index (χ1v) is 7.56. The Hall–Kier alpha value is -0.710. The molecule has 0 aliphatic rings. The normalized spacial score (nSPS) is 10.8. The van der Waals surface area contributed by atoms with Gasteiger partial charge in [-0.2, -0.15) is 5.10 Å². The van der Waals surface area contributed by atoms with Crippen molar-refractivity contribution in [2.45, 2.75) is 18.9 Å². The lowest BCUT2D eigenvalue weighted by atomic mass is 10.2. The lowest BCUT2D eigenvalue weighted by Gasteiger charge is -2.11. The maximum absolute atomic E-state index is 6.17. The van der Waals surface area contributed by atoms with Crippen molar-refractivity contribution in [1.29, 1.82) is 0 Å². The first-order valence-electron chi connectivity index (χ1n) is 5.68. The molecule has 0 N–H and O–H groups in total. The van der Waals surface area contributed by atoms with E-state index in [2.05, 4.69) is 21.0 Å². The van der Waals surface area contributed by atoms with Gasteiger partial charge in [0.15, 0.2) is 0 Å². The van der Waals surface area contributed by atoms with Crippen molar-refractivity contribution in [3.63, 3.8) is 0 Å². The molecule has 2 rings (SSSR count). The third-order valence-electron chi connectivity index (χ3n) is 2.85. The predicted molar refractivity (Wildman–Crippen MR) is 81.4 cm³/mol. The second-order valence-electron chi connectivity index (χ2n) is 4.12. The molecule has 102 valence electrons. The number of alkyl halides is 1. The van der Waals surface area contributed by atoms with Crippen molar-refractivity contribution in [1.82, 2.24) is 9.78 Å². The highest BCUT2D eigenvalue weighted by Gasteiger charge is 2.13. The van der Waals surface area contributed by atoms with E-state index < -0.39 is 0 Å². The molecule has 0 saturated carbocycles. The minimum absolute atomic E-state index is 0.374.